The summed E-state index contributed by atoms with van der Waals surface area (Å²) in [7, 11) is 3.58. The van der Waals surface area contributed by atoms with Gasteiger partial charge in [-0.25, -0.2) is 0 Å². The second kappa shape index (κ2) is 8.13. The number of nitrogens with zero attached hydrogens (tertiary/aromatic N) is 1. The average molecular weight is 333 g/mol. The predicted octanol–water partition coefficient (Wildman–Crippen LogP) is 2.45. The Labute approximate surface area is 137 Å². The van der Waals surface area contributed by atoms with Crippen molar-refractivity contribution in [2.75, 3.05) is 33.9 Å². The average Bonchev–Trinajstić information content (AvgIpc) is 2.84. The highest BCUT2D eigenvalue weighted by atomic mass is 35.5. The van der Waals surface area contributed by atoms with Gasteiger partial charge >= 0.3 is 0 Å². The Morgan fingerprint density at radius 1 is 1.43 bits per heavy atom. The van der Waals surface area contributed by atoms with E-state index in [4.69, 9.17) is 4.74 Å². The zero-order valence-corrected chi connectivity index (χ0v) is 14.6. The van der Waals surface area contributed by atoms with Crippen molar-refractivity contribution in [3.8, 4) is 0 Å². The van der Waals surface area contributed by atoms with Crippen LogP contribution in [0.5, 0.6) is 0 Å². The lowest BCUT2D eigenvalue weighted by atomic mass is 9.78. The molecule has 2 rings (SSSR count). The number of hydrogen-bond acceptors (Lipinski definition) is 4. The van der Waals surface area contributed by atoms with Gasteiger partial charge in [0.1, 0.15) is 0 Å². The number of halogens is 1. The third kappa shape index (κ3) is 4.42. The monoisotopic (exact) mass is 332 g/mol. The largest absolute Gasteiger partial charge is 0.384 e. The first-order valence-electron chi connectivity index (χ1n) is 7.08. The van der Waals surface area contributed by atoms with Crippen LogP contribution in [0.1, 0.15) is 22.6 Å². The molecule has 0 aromatic carbocycles. The zero-order valence-electron chi connectivity index (χ0n) is 13.0. The van der Waals surface area contributed by atoms with Crippen molar-refractivity contribution < 1.29 is 9.53 Å². The molecule has 1 aliphatic rings. The summed E-state index contributed by atoms with van der Waals surface area (Å²) in [5.41, 5.74) is -0.346. The number of aryl methyl sites for hydroxylation is 1. The topological polar surface area (TPSA) is 41.6 Å². The number of rotatable bonds is 5. The van der Waals surface area contributed by atoms with Gasteiger partial charge in [-0.2, -0.15) is 0 Å². The minimum Gasteiger partial charge on any atom is -0.384 e. The van der Waals surface area contributed by atoms with Crippen LogP contribution < -0.4 is 5.32 Å². The maximum Gasteiger partial charge on any atom is 0.231 e. The van der Waals surface area contributed by atoms with Gasteiger partial charge in [-0.05, 0) is 45.0 Å². The molecular weight excluding hydrogens is 308 g/mol. The molecule has 1 aliphatic heterocycles. The fourth-order valence-corrected chi connectivity index (χ4v) is 3.83. The first-order valence-corrected chi connectivity index (χ1v) is 7.89. The van der Waals surface area contributed by atoms with Gasteiger partial charge in [0, 0.05) is 23.9 Å². The van der Waals surface area contributed by atoms with Gasteiger partial charge in [0.05, 0.1) is 18.6 Å². The number of thiophene rings is 1. The van der Waals surface area contributed by atoms with E-state index in [0.717, 1.165) is 25.9 Å². The van der Waals surface area contributed by atoms with Crippen molar-refractivity contribution in [2.24, 2.45) is 5.41 Å². The summed E-state index contributed by atoms with van der Waals surface area (Å²) in [6.45, 7) is 5.08. The Morgan fingerprint density at radius 3 is 2.62 bits per heavy atom. The summed E-state index contributed by atoms with van der Waals surface area (Å²) in [5.74, 6) is 0.215. The lowest BCUT2D eigenvalue weighted by Gasteiger charge is -2.38. The number of carbonyl (C=O) groups is 1. The molecule has 0 spiro atoms. The molecule has 1 amide bonds. The van der Waals surface area contributed by atoms with Crippen LogP contribution in [0.3, 0.4) is 0 Å². The third-order valence-electron chi connectivity index (χ3n) is 3.97. The van der Waals surface area contributed by atoms with Crippen molar-refractivity contribution in [1.29, 1.82) is 0 Å². The predicted molar refractivity (Wildman–Crippen MR) is 89.2 cm³/mol. The fraction of sp³-hybridized carbons (Fsp3) is 0.667. The van der Waals surface area contributed by atoms with E-state index in [2.05, 4.69) is 24.4 Å². The highest BCUT2D eigenvalue weighted by Crippen LogP contribution is 2.32. The number of piperidine rings is 1. The molecule has 4 nitrogen and oxygen atoms in total. The maximum atomic E-state index is 12.8. The molecule has 1 saturated heterocycles. The first-order chi connectivity index (χ1) is 9.57. The summed E-state index contributed by atoms with van der Waals surface area (Å²) in [6, 6.07) is 4.21. The molecule has 2 heterocycles. The number of ether oxygens (including phenoxy) is 1. The van der Waals surface area contributed by atoms with E-state index in [-0.39, 0.29) is 23.7 Å². The summed E-state index contributed by atoms with van der Waals surface area (Å²) in [4.78, 5) is 17.2. The highest BCUT2D eigenvalue weighted by Gasteiger charge is 2.41. The van der Waals surface area contributed by atoms with Gasteiger partial charge < -0.3 is 15.0 Å². The van der Waals surface area contributed by atoms with Crippen molar-refractivity contribution in [3.63, 3.8) is 0 Å². The van der Waals surface area contributed by atoms with E-state index in [9.17, 15) is 4.79 Å². The van der Waals surface area contributed by atoms with Gasteiger partial charge in [0.2, 0.25) is 5.91 Å². The Kier molecular flexibility index (Phi) is 7.13. The van der Waals surface area contributed by atoms with Crippen molar-refractivity contribution in [1.82, 2.24) is 10.2 Å². The Balaban J connectivity index is 0.00000220. The van der Waals surface area contributed by atoms with Gasteiger partial charge in [-0.1, -0.05) is 0 Å². The first kappa shape index (κ1) is 18.4. The van der Waals surface area contributed by atoms with Crippen molar-refractivity contribution in [2.45, 2.75) is 26.3 Å². The molecule has 1 aromatic rings. The van der Waals surface area contributed by atoms with Crippen molar-refractivity contribution >= 4 is 29.7 Å². The maximum absolute atomic E-state index is 12.8. The summed E-state index contributed by atoms with van der Waals surface area (Å²) in [6.07, 6.45) is 1.71. The smallest absolute Gasteiger partial charge is 0.231 e. The van der Waals surface area contributed by atoms with Crippen molar-refractivity contribution in [3.05, 3.63) is 21.9 Å². The minimum absolute atomic E-state index is 0. The molecule has 0 saturated carbocycles. The van der Waals surface area contributed by atoms with Crippen LogP contribution >= 0.6 is 23.7 Å². The Hall–Kier alpha value is -0.620. The fourth-order valence-electron chi connectivity index (χ4n) is 2.88. The zero-order chi connectivity index (χ0) is 14.6. The molecule has 0 radical (unpaired) electrons. The van der Waals surface area contributed by atoms with Gasteiger partial charge in [-0.15, -0.1) is 23.7 Å². The van der Waals surface area contributed by atoms with Gasteiger partial charge in [0.25, 0.3) is 0 Å². The number of amides is 1. The lowest BCUT2D eigenvalue weighted by Crippen LogP contribution is -2.50. The van der Waals surface area contributed by atoms with Crippen LogP contribution in [0.4, 0.5) is 0 Å². The molecule has 0 unspecified atom stereocenters. The second-order valence-electron chi connectivity index (χ2n) is 5.64. The quantitative estimate of drug-likeness (QED) is 0.900. The molecule has 1 aromatic heterocycles. The molecule has 0 atom stereocenters. The number of carbonyl (C=O) groups excluding carboxylic acids is 1. The van der Waals surface area contributed by atoms with Crippen LogP contribution in [-0.4, -0.2) is 44.7 Å². The number of nitrogens with one attached hydrogen (secondary N) is 1. The summed E-state index contributed by atoms with van der Waals surface area (Å²) < 4.78 is 5.34. The Bertz CT molecular complexity index is 453. The molecular formula is C15H25ClN2O2S. The minimum atomic E-state index is -0.346. The molecule has 0 aliphatic carbocycles. The molecule has 21 heavy (non-hydrogen) atoms. The molecule has 6 heteroatoms. The van der Waals surface area contributed by atoms with Crippen LogP contribution in [0.25, 0.3) is 0 Å². The molecule has 1 fully saturated rings. The van der Waals surface area contributed by atoms with Crippen LogP contribution in [-0.2, 0) is 16.1 Å². The van der Waals surface area contributed by atoms with Crippen LogP contribution in [0.2, 0.25) is 0 Å². The van der Waals surface area contributed by atoms with Crippen LogP contribution in [0, 0.1) is 12.3 Å². The molecule has 0 bridgehead atoms. The van der Waals surface area contributed by atoms with E-state index in [1.54, 1.807) is 18.4 Å². The number of hydrogen-bond donors (Lipinski definition) is 1. The summed E-state index contributed by atoms with van der Waals surface area (Å²) >= 11 is 1.75. The Morgan fingerprint density at radius 2 is 2.10 bits per heavy atom. The molecule has 1 N–H and O–H groups in total. The number of methoxy groups -OCH3 is 1. The lowest BCUT2D eigenvalue weighted by molar-refractivity contribution is -0.146. The van der Waals surface area contributed by atoms with E-state index >= 15 is 0 Å². The van der Waals surface area contributed by atoms with Gasteiger partial charge in [0.15, 0.2) is 0 Å². The van der Waals surface area contributed by atoms with E-state index in [0.29, 0.717) is 13.2 Å². The van der Waals surface area contributed by atoms with E-state index in [1.807, 2.05) is 11.9 Å². The second-order valence-corrected chi connectivity index (χ2v) is 7.01. The summed E-state index contributed by atoms with van der Waals surface area (Å²) in [5, 5.41) is 3.32. The highest BCUT2D eigenvalue weighted by molar-refractivity contribution is 7.11. The van der Waals surface area contributed by atoms with Gasteiger partial charge in [-0.3, -0.25) is 4.79 Å². The molecule has 120 valence electrons. The normalized spacial score (nSPS) is 17.1. The van der Waals surface area contributed by atoms with E-state index in [1.165, 1.54) is 9.75 Å². The third-order valence-corrected chi connectivity index (χ3v) is 4.96. The van der Waals surface area contributed by atoms with E-state index < -0.39 is 0 Å². The van der Waals surface area contributed by atoms with Crippen LogP contribution in [0.15, 0.2) is 12.1 Å². The SMILES string of the molecule is COCC1(C(=O)N(C)Cc2ccc(C)s2)CCNCC1.Cl. The standard InChI is InChI=1S/C15H24N2O2S.ClH/c1-12-4-5-13(20-12)10-17(2)14(18)15(11-19-3)6-8-16-9-7-15;/h4-5,16H,6-11H2,1-3H3;1H.